The van der Waals surface area contributed by atoms with E-state index in [1.165, 1.54) is 17.8 Å². The number of benzene rings is 3. The minimum Gasteiger partial charge on any atom is -0.369 e. The molecule has 0 radical (unpaired) electrons. The van der Waals surface area contributed by atoms with E-state index in [2.05, 4.69) is 61.6 Å². The maximum atomic E-state index is 13.1. The van der Waals surface area contributed by atoms with Gasteiger partial charge in [-0.2, -0.15) is 13.2 Å². The molecule has 1 amide bonds. The van der Waals surface area contributed by atoms with Crippen LogP contribution in [0.15, 0.2) is 72.9 Å². The lowest BCUT2D eigenvalue weighted by Crippen LogP contribution is -2.44. The molecule has 0 saturated carbocycles. The maximum absolute atomic E-state index is 13.1. The van der Waals surface area contributed by atoms with Gasteiger partial charge in [-0.05, 0) is 74.1 Å². The number of nitrogens with one attached hydrogen (secondary N) is 2. The molecule has 2 aliphatic rings. The van der Waals surface area contributed by atoms with Crippen LogP contribution >= 0.6 is 0 Å². The van der Waals surface area contributed by atoms with E-state index in [4.69, 9.17) is 4.98 Å². The number of alkyl halides is 3. The van der Waals surface area contributed by atoms with E-state index in [1.807, 2.05) is 25.3 Å². The number of amides is 1. The smallest absolute Gasteiger partial charge is 0.369 e. The fraction of sp³-hybridized carbons (Fsp3) is 0.303. The number of piperazine rings is 1. The number of carbonyl (C=O) groups excluding carboxylic acids is 1. The van der Waals surface area contributed by atoms with Crippen LogP contribution < -0.4 is 20.4 Å². The molecule has 3 heterocycles. The van der Waals surface area contributed by atoms with E-state index in [0.29, 0.717) is 18.2 Å². The van der Waals surface area contributed by atoms with Crippen molar-refractivity contribution in [2.24, 2.45) is 0 Å². The summed E-state index contributed by atoms with van der Waals surface area (Å²) in [5.74, 6) is -0.0441. The van der Waals surface area contributed by atoms with E-state index in [1.54, 1.807) is 6.07 Å². The Bertz CT molecular complexity index is 1650. The molecule has 0 aliphatic carbocycles. The van der Waals surface area contributed by atoms with Crippen molar-refractivity contribution in [2.45, 2.75) is 26.1 Å². The van der Waals surface area contributed by atoms with Gasteiger partial charge < -0.3 is 25.3 Å². The molecule has 3 aromatic carbocycles. The molecule has 6 rings (SSSR count). The third-order valence-electron chi connectivity index (χ3n) is 8.19. The van der Waals surface area contributed by atoms with Gasteiger partial charge in [0.05, 0.1) is 11.3 Å². The molecule has 0 bridgehead atoms. The molecule has 11 heteroatoms. The zero-order chi connectivity index (χ0) is 30.8. The van der Waals surface area contributed by atoms with Gasteiger partial charge in [-0.3, -0.25) is 4.79 Å². The van der Waals surface area contributed by atoms with E-state index in [-0.39, 0.29) is 5.56 Å². The summed E-state index contributed by atoms with van der Waals surface area (Å²) in [6.07, 6.45) is -1.95. The quantitative estimate of drug-likeness (QED) is 0.276. The van der Waals surface area contributed by atoms with Crippen molar-refractivity contribution < 1.29 is 18.0 Å². The summed E-state index contributed by atoms with van der Waals surface area (Å²) in [5, 5.41) is 6.08. The fourth-order valence-corrected chi connectivity index (χ4v) is 5.60. The molecule has 2 N–H and O–H groups in total. The highest BCUT2D eigenvalue weighted by atomic mass is 19.4. The third kappa shape index (κ3) is 6.62. The fourth-order valence-electron chi connectivity index (χ4n) is 5.60. The van der Waals surface area contributed by atoms with Crippen molar-refractivity contribution in [1.82, 2.24) is 14.9 Å². The Morgan fingerprint density at radius 2 is 1.64 bits per heavy atom. The molecule has 4 aromatic rings. The van der Waals surface area contributed by atoms with Gasteiger partial charge in [0.2, 0.25) is 5.95 Å². The lowest BCUT2D eigenvalue weighted by atomic mass is 10.0. The standard InChI is InChI=1S/C33H34F3N7O/c1-22-6-7-27(38-31(44)23-4-3-5-25(18-23)33(34,35)36)19-30(22)43-13-12-29-24(21-43)20-37-32(40-29)39-26-8-10-28(11-9-26)42-16-14-41(2)15-17-42/h3-11,18-20H,12-17,21H2,1-2H3,(H,38,44)(H,37,39,40). The largest absolute Gasteiger partial charge is 0.416 e. The minimum absolute atomic E-state index is 0.0543. The Labute approximate surface area is 254 Å². The van der Waals surface area contributed by atoms with Crippen LogP contribution in [0, 0.1) is 6.92 Å². The number of hydrogen-bond donors (Lipinski definition) is 2. The van der Waals surface area contributed by atoms with Crippen molar-refractivity contribution in [1.29, 1.82) is 0 Å². The van der Waals surface area contributed by atoms with E-state index < -0.39 is 17.6 Å². The van der Waals surface area contributed by atoms with Crippen molar-refractivity contribution in [3.05, 3.63) is 101 Å². The molecule has 8 nitrogen and oxygen atoms in total. The predicted octanol–water partition coefficient (Wildman–Crippen LogP) is 6.11. The Morgan fingerprint density at radius 1 is 0.886 bits per heavy atom. The van der Waals surface area contributed by atoms with Crippen LogP contribution in [0.3, 0.4) is 0 Å². The second kappa shape index (κ2) is 12.2. The van der Waals surface area contributed by atoms with Gasteiger partial charge in [0.1, 0.15) is 0 Å². The van der Waals surface area contributed by atoms with E-state index in [0.717, 1.165) is 79.5 Å². The molecule has 0 unspecified atom stereocenters. The number of halogens is 3. The molecule has 1 aromatic heterocycles. The highest BCUT2D eigenvalue weighted by Gasteiger charge is 2.31. The number of hydrogen-bond acceptors (Lipinski definition) is 7. The van der Waals surface area contributed by atoms with Gasteiger partial charge in [-0.15, -0.1) is 0 Å². The Kier molecular flexibility index (Phi) is 8.13. The van der Waals surface area contributed by atoms with E-state index in [9.17, 15) is 18.0 Å². The zero-order valence-electron chi connectivity index (χ0n) is 24.7. The number of anilines is 5. The first kappa shape index (κ1) is 29.4. The van der Waals surface area contributed by atoms with Gasteiger partial charge in [0, 0.05) is 85.8 Å². The number of fused-ring (bicyclic) bond motifs is 1. The van der Waals surface area contributed by atoms with E-state index >= 15 is 0 Å². The minimum atomic E-state index is -4.52. The van der Waals surface area contributed by atoms with Crippen LogP contribution in [0.25, 0.3) is 0 Å². The first-order valence-electron chi connectivity index (χ1n) is 14.6. The number of aryl methyl sites for hydroxylation is 1. The summed E-state index contributed by atoms with van der Waals surface area (Å²) in [6, 6.07) is 18.3. The van der Waals surface area contributed by atoms with Crippen LogP contribution in [0.2, 0.25) is 0 Å². The van der Waals surface area contributed by atoms with Crippen LogP contribution in [-0.4, -0.2) is 60.5 Å². The van der Waals surface area contributed by atoms with Gasteiger partial charge in [-0.1, -0.05) is 12.1 Å². The number of nitrogens with zero attached hydrogens (tertiary/aromatic N) is 5. The SMILES string of the molecule is Cc1ccc(NC(=O)c2cccc(C(F)(F)F)c2)cc1N1CCc2nc(Nc3ccc(N4CCN(C)CC4)cc3)ncc2C1. The van der Waals surface area contributed by atoms with Gasteiger partial charge in [0.25, 0.3) is 5.91 Å². The predicted molar refractivity (Wildman–Crippen MR) is 167 cm³/mol. The van der Waals surface area contributed by atoms with Crippen molar-refractivity contribution in [3.63, 3.8) is 0 Å². The second-order valence-corrected chi connectivity index (χ2v) is 11.3. The third-order valence-corrected chi connectivity index (χ3v) is 8.19. The van der Waals surface area contributed by atoms with Crippen molar-refractivity contribution in [2.75, 3.05) is 60.2 Å². The summed E-state index contributed by atoms with van der Waals surface area (Å²) in [7, 11) is 2.15. The summed E-state index contributed by atoms with van der Waals surface area (Å²) in [6.45, 7) is 7.47. The number of carbonyl (C=O) groups is 1. The summed E-state index contributed by atoms with van der Waals surface area (Å²) >= 11 is 0. The lowest BCUT2D eigenvalue weighted by molar-refractivity contribution is -0.137. The average Bonchev–Trinajstić information content (AvgIpc) is 3.02. The molecule has 0 spiro atoms. The van der Waals surface area contributed by atoms with Crippen LogP contribution in [0.1, 0.15) is 32.7 Å². The highest BCUT2D eigenvalue weighted by Crippen LogP contribution is 2.32. The maximum Gasteiger partial charge on any atom is 0.416 e. The van der Waals surface area contributed by atoms with Crippen molar-refractivity contribution >= 4 is 34.6 Å². The first-order chi connectivity index (χ1) is 21.1. The van der Waals surface area contributed by atoms with Crippen LogP contribution in [-0.2, 0) is 19.1 Å². The lowest BCUT2D eigenvalue weighted by Gasteiger charge is -2.34. The first-order valence-corrected chi connectivity index (χ1v) is 14.6. The second-order valence-electron chi connectivity index (χ2n) is 11.3. The monoisotopic (exact) mass is 601 g/mol. The average molecular weight is 602 g/mol. The molecule has 1 fully saturated rings. The van der Waals surface area contributed by atoms with Gasteiger partial charge in [0.15, 0.2) is 0 Å². The topological polar surface area (TPSA) is 76.6 Å². The number of rotatable bonds is 6. The Balaban J connectivity index is 1.11. The van der Waals surface area contributed by atoms with Crippen LogP contribution in [0.5, 0.6) is 0 Å². The number of likely N-dealkylation sites (N-methyl/N-ethyl adjacent to an activating group) is 1. The zero-order valence-corrected chi connectivity index (χ0v) is 24.7. The Hall–Kier alpha value is -4.64. The van der Waals surface area contributed by atoms with Crippen LogP contribution in [0.4, 0.5) is 41.9 Å². The summed E-state index contributed by atoms with van der Waals surface area (Å²) in [4.78, 5) is 29.1. The molecule has 1 saturated heterocycles. The van der Waals surface area contributed by atoms with Gasteiger partial charge in [-0.25, -0.2) is 9.97 Å². The summed E-state index contributed by atoms with van der Waals surface area (Å²) in [5.41, 5.74) is 5.69. The number of aromatic nitrogens is 2. The summed E-state index contributed by atoms with van der Waals surface area (Å²) < 4.78 is 39.3. The van der Waals surface area contributed by atoms with Crippen molar-refractivity contribution in [3.8, 4) is 0 Å². The molecular weight excluding hydrogens is 567 g/mol. The normalized spacial score (nSPS) is 15.6. The highest BCUT2D eigenvalue weighted by molar-refractivity contribution is 6.04. The molecule has 0 atom stereocenters. The molecule has 2 aliphatic heterocycles. The Morgan fingerprint density at radius 3 is 2.39 bits per heavy atom. The molecule has 44 heavy (non-hydrogen) atoms. The molecular formula is C33H34F3N7O. The molecule has 228 valence electrons. The van der Waals surface area contributed by atoms with Gasteiger partial charge >= 0.3 is 6.18 Å².